The van der Waals surface area contributed by atoms with Crippen LogP contribution in [0.2, 0.25) is 5.02 Å². The summed E-state index contributed by atoms with van der Waals surface area (Å²) in [5.74, 6) is 0.154. The quantitative estimate of drug-likeness (QED) is 0.519. The van der Waals surface area contributed by atoms with E-state index in [1.165, 1.54) is 11.0 Å². The number of carboxylic acid groups (broad SMARTS) is 1. The summed E-state index contributed by atoms with van der Waals surface area (Å²) in [6.45, 7) is 2.14. The van der Waals surface area contributed by atoms with E-state index < -0.39 is 6.09 Å². The normalized spacial score (nSPS) is 17.7. The highest BCUT2D eigenvalue weighted by Gasteiger charge is 2.32. The Morgan fingerprint density at radius 3 is 2.75 bits per heavy atom. The zero-order chi connectivity index (χ0) is 22.4. The SMILES string of the molecule is O=C1/C(=C/c2n[nH]c3ccc(Cl)cc23)Oc2c1ccc(O)c2CN1CCN(C(=O)O)CC1. The minimum absolute atomic E-state index is 0.0236. The number of Topliss-reactive ketones (excluding diaryl/α,β-unsaturated/α-hetero) is 1. The number of allylic oxidation sites excluding steroid dienone is 1. The second-order valence-corrected chi connectivity index (χ2v) is 8.16. The van der Waals surface area contributed by atoms with Gasteiger partial charge in [-0.1, -0.05) is 11.6 Å². The second kappa shape index (κ2) is 7.85. The van der Waals surface area contributed by atoms with Gasteiger partial charge in [-0.15, -0.1) is 0 Å². The number of H-pyrrole nitrogens is 1. The molecule has 32 heavy (non-hydrogen) atoms. The first kappa shape index (κ1) is 20.3. The van der Waals surface area contributed by atoms with Crippen molar-refractivity contribution < 1.29 is 24.5 Å². The van der Waals surface area contributed by atoms with Crippen LogP contribution in [0.15, 0.2) is 36.1 Å². The largest absolute Gasteiger partial charge is 0.507 e. The minimum atomic E-state index is -0.941. The zero-order valence-electron chi connectivity index (χ0n) is 16.8. The van der Waals surface area contributed by atoms with Crippen molar-refractivity contribution in [1.82, 2.24) is 20.0 Å². The maximum absolute atomic E-state index is 13.0. The van der Waals surface area contributed by atoms with Crippen LogP contribution < -0.4 is 4.74 Å². The number of phenols is 1. The monoisotopic (exact) mass is 454 g/mol. The molecule has 5 rings (SSSR count). The number of nitrogens with zero attached hydrogens (tertiary/aromatic N) is 3. The van der Waals surface area contributed by atoms with E-state index in [1.54, 1.807) is 30.3 Å². The molecule has 3 aromatic rings. The Labute approximate surface area is 187 Å². The number of carbonyl (C=O) groups excluding carboxylic acids is 1. The van der Waals surface area contributed by atoms with Gasteiger partial charge in [0.25, 0.3) is 0 Å². The van der Waals surface area contributed by atoms with Crippen LogP contribution in [0.5, 0.6) is 11.5 Å². The molecule has 3 N–H and O–H groups in total. The highest BCUT2D eigenvalue weighted by molar-refractivity contribution is 6.31. The van der Waals surface area contributed by atoms with Gasteiger partial charge in [0, 0.05) is 49.2 Å². The van der Waals surface area contributed by atoms with Crippen molar-refractivity contribution >= 4 is 40.5 Å². The number of hydrogen-bond acceptors (Lipinski definition) is 6. The fourth-order valence-electron chi connectivity index (χ4n) is 4.01. The average molecular weight is 455 g/mol. The molecule has 2 aromatic carbocycles. The molecule has 0 spiro atoms. The third-order valence-corrected chi connectivity index (χ3v) is 6.00. The number of carbonyl (C=O) groups is 2. The Kier molecular flexibility index (Phi) is 4.99. The Morgan fingerprint density at radius 1 is 1.22 bits per heavy atom. The number of fused-ring (bicyclic) bond motifs is 2. The molecule has 2 aliphatic rings. The maximum atomic E-state index is 13.0. The summed E-state index contributed by atoms with van der Waals surface area (Å²) in [6.07, 6.45) is 0.619. The number of nitrogens with one attached hydrogen (secondary N) is 1. The fourth-order valence-corrected chi connectivity index (χ4v) is 4.18. The van der Waals surface area contributed by atoms with Gasteiger partial charge in [0.2, 0.25) is 5.78 Å². The van der Waals surface area contributed by atoms with E-state index in [-0.39, 0.29) is 17.3 Å². The van der Waals surface area contributed by atoms with E-state index in [4.69, 9.17) is 21.4 Å². The third-order valence-electron chi connectivity index (χ3n) is 5.76. The van der Waals surface area contributed by atoms with Crippen molar-refractivity contribution in [3.05, 3.63) is 57.9 Å². The number of piperazine rings is 1. The Morgan fingerprint density at radius 2 is 2.00 bits per heavy atom. The molecule has 9 nitrogen and oxygen atoms in total. The van der Waals surface area contributed by atoms with Crippen LogP contribution in [-0.2, 0) is 6.54 Å². The maximum Gasteiger partial charge on any atom is 0.407 e. The predicted octanol–water partition coefficient (Wildman–Crippen LogP) is 3.33. The summed E-state index contributed by atoms with van der Waals surface area (Å²) in [4.78, 5) is 27.5. The summed E-state index contributed by atoms with van der Waals surface area (Å²) >= 11 is 6.09. The number of halogens is 1. The molecule has 3 heterocycles. The van der Waals surface area contributed by atoms with Gasteiger partial charge in [-0.2, -0.15) is 5.10 Å². The first-order chi connectivity index (χ1) is 15.4. The van der Waals surface area contributed by atoms with Crippen molar-refractivity contribution in [2.45, 2.75) is 6.54 Å². The van der Waals surface area contributed by atoms with Crippen molar-refractivity contribution in [2.24, 2.45) is 0 Å². The molecule has 0 radical (unpaired) electrons. The number of aromatic hydroxyl groups is 1. The lowest BCUT2D eigenvalue weighted by Gasteiger charge is -2.33. The lowest BCUT2D eigenvalue weighted by Crippen LogP contribution is -2.47. The molecule has 164 valence electrons. The number of ketones is 1. The van der Waals surface area contributed by atoms with Gasteiger partial charge in [-0.3, -0.25) is 14.8 Å². The summed E-state index contributed by atoms with van der Waals surface area (Å²) in [7, 11) is 0. The predicted molar refractivity (Wildman–Crippen MR) is 117 cm³/mol. The van der Waals surface area contributed by atoms with Gasteiger partial charge >= 0.3 is 6.09 Å². The summed E-state index contributed by atoms with van der Waals surface area (Å²) in [6, 6.07) is 8.33. The molecule has 0 atom stereocenters. The molecule has 2 aliphatic heterocycles. The van der Waals surface area contributed by atoms with Crippen LogP contribution in [0.25, 0.3) is 17.0 Å². The smallest absolute Gasteiger partial charge is 0.407 e. The first-order valence-electron chi connectivity index (χ1n) is 10.0. The molecular weight excluding hydrogens is 436 g/mol. The summed E-state index contributed by atoms with van der Waals surface area (Å²) < 4.78 is 5.92. The van der Waals surface area contributed by atoms with Crippen molar-refractivity contribution in [2.75, 3.05) is 26.2 Å². The average Bonchev–Trinajstić information content (AvgIpc) is 3.31. The van der Waals surface area contributed by atoms with Crippen LogP contribution in [0, 0.1) is 0 Å². The van der Waals surface area contributed by atoms with Crippen LogP contribution in [0.4, 0.5) is 4.79 Å². The van der Waals surface area contributed by atoms with E-state index >= 15 is 0 Å². The number of aromatic nitrogens is 2. The Hall–Kier alpha value is -3.56. The van der Waals surface area contributed by atoms with Crippen LogP contribution >= 0.6 is 11.6 Å². The van der Waals surface area contributed by atoms with E-state index in [0.717, 1.165) is 10.9 Å². The van der Waals surface area contributed by atoms with Gasteiger partial charge in [0.1, 0.15) is 11.5 Å². The lowest BCUT2D eigenvalue weighted by molar-refractivity contribution is 0.101. The standard InChI is InChI=1S/C22H19ClN4O5/c23-12-1-3-16-14(9-12)17(25-24-16)10-19-20(29)13-2-4-18(28)15(21(13)32-19)11-26-5-7-27(8-6-26)22(30)31/h1-4,9-10,28H,5-8,11H2,(H,24,25)(H,30,31)/b19-10-. The minimum Gasteiger partial charge on any atom is -0.507 e. The zero-order valence-corrected chi connectivity index (χ0v) is 17.6. The molecule has 0 bridgehead atoms. The lowest BCUT2D eigenvalue weighted by atomic mass is 10.0. The molecular formula is C22H19ClN4O5. The van der Waals surface area contributed by atoms with E-state index in [2.05, 4.69) is 10.2 Å². The van der Waals surface area contributed by atoms with Crippen LogP contribution in [0.1, 0.15) is 21.6 Å². The highest BCUT2D eigenvalue weighted by Crippen LogP contribution is 2.40. The molecule has 0 aliphatic carbocycles. The number of amides is 1. The number of benzene rings is 2. The molecule has 0 unspecified atom stereocenters. The number of rotatable bonds is 3. The van der Waals surface area contributed by atoms with Crippen LogP contribution in [-0.4, -0.2) is 68.3 Å². The van der Waals surface area contributed by atoms with Crippen LogP contribution in [0.3, 0.4) is 0 Å². The Balaban J connectivity index is 1.43. The number of phenolic OH excluding ortho intramolecular Hbond substituents is 1. The summed E-state index contributed by atoms with van der Waals surface area (Å²) in [5, 5.41) is 28.1. The van der Waals surface area contributed by atoms with Gasteiger partial charge in [-0.25, -0.2) is 4.79 Å². The first-order valence-corrected chi connectivity index (χ1v) is 10.4. The van der Waals surface area contributed by atoms with Gasteiger partial charge < -0.3 is 19.8 Å². The van der Waals surface area contributed by atoms with Crippen molar-refractivity contribution in [3.8, 4) is 11.5 Å². The topological polar surface area (TPSA) is 119 Å². The molecule has 1 amide bonds. The molecule has 1 fully saturated rings. The third kappa shape index (κ3) is 3.55. The number of aromatic amines is 1. The second-order valence-electron chi connectivity index (χ2n) is 7.72. The van der Waals surface area contributed by atoms with E-state index in [1.807, 2.05) is 4.90 Å². The molecule has 10 heteroatoms. The van der Waals surface area contributed by atoms with Gasteiger partial charge in [-0.05, 0) is 30.3 Å². The Bertz CT molecular complexity index is 1280. The molecule has 0 saturated carbocycles. The highest BCUT2D eigenvalue weighted by atomic mass is 35.5. The van der Waals surface area contributed by atoms with Gasteiger partial charge in [0.05, 0.1) is 22.3 Å². The number of hydrogen-bond donors (Lipinski definition) is 3. The van der Waals surface area contributed by atoms with Gasteiger partial charge in [0.15, 0.2) is 5.76 Å². The molecule has 1 aromatic heterocycles. The molecule has 1 saturated heterocycles. The van der Waals surface area contributed by atoms with E-state index in [0.29, 0.717) is 60.3 Å². The van der Waals surface area contributed by atoms with E-state index in [9.17, 15) is 14.7 Å². The van der Waals surface area contributed by atoms with Crippen molar-refractivity contribution in [3.63, 3.8) is 0 Å². The number of ether oxygens (including phenoxy) is 1. The summed E-state index contributed by atoms with van der Waals surface area (Å²) in [5.41, 5.74) is 2.17. The fraction of sp³-hybridized carbons (Fsp3) is 0.227. The van der Waals surface area contributed by atoms with Crippen molar-refractivity contribution in [1.29, 1.82) is 0 Å².